The van der Waals surface area contributed by atoms with Crippen LogP contribution in [0.4, 0.5) is 0 Å². The molecule has 0 saturated carbocycles. The molecule has 2 aromatic rings. The molecule has 1 aromatic heterocycles. The Morgan fingerprint density at radius 3 is 2.68 bits per heavy atom. The van der Waals surface area contributed by atoms with Crippen molar-refractivity contribution in [2.75, 3.05) is 39.4 Å². The van der Waals surface area contributed by atoms with Crippen molar-refractivity contribution in [3.05, 3.63) is 39.2 Å². The van der Waals surface area contributed by atoms with Crippen LogP contribution in [-0.4, -0.2) is 67.2 Å². The molecule has 0 bridgehead atoms. The monoisotopic (exact) mass is 406 g/mol. The maximum absolute atomic E-state index is 12.7. The predicted octanol–water partition coefficient (Wildman–Crippen LogP) is 2.07. The smallest absolute Gasteiger partial charge is 0.336 e. The molecular weight excluding hydrogens is 384 g/mol. The van der Waals surface area contributed by atoms with E-state index in [9.17, 15) is 9.59 Å². The van der Waals surface area contributed by atoms with Crippen LogP contribution in [0.5, 0.6) is 5.75 Å². The standard InChI is InChI=1S/C20H23ClN2O5/c1-12-7-19(24)28-17-9-18(16(21)8-15(12)17)27-13(2)20(25)23-10-14(11-23)22-3-5-26-6-4-22/h7-9,13-14H,3-6,10-11H2,1-2H3. The third-order valence-corrected chi connectivity index (χ3v) is 5.69. The number of hydrogen-bond acceptors (Lipinski definition) is 6. The highest BCUT2D eigenvalue weighted by Gasteiger charge is 2.37. The number of benzene rings is 1. The number of nitrogens with zero attached hydrogens (tertiary/aromatic N) is 2. The predicted molar refractivity (Wildman–Crippen MR) is 105 cm³/mol. The van der Waals surface area contributed by atoms with Gasteiger partial charge in [-0.15, -0.1) is 0 Å². The zero-order valence-corrected chi connectivity index (χ0v) is 16.7. The zero-order chi connectivity index (χ0) is 19.8. The van der Waals surface area contributed by atoms with Gasteiger partial charge in [0.2, 0.25) is 0 Å². The summed E-state index contributed by atoms with van der Waals surface area (Å²) in [5.74, 6) is 0.250. The molecule has 3 heterocycles. The SMILES string of the molecule is Cc1cc(=O)oc2cc(OC(C)C(=O)N3CC(N4CCOCC4)C3)c(Cl)cc12. The van der Waals surface area contributed by atoms with Crippen molar-refractivity contribution in [3.8, 4) is 5.75 Å². The van der Waals surface area contributed by atoms with Crippen LogP contribution >= 0.6 is 11.6 Å². The van der Waals surface area contributed by atoms with Gasteiger partial charge >= 0.3 is 5.63 Å². The third-order valence-electron chi connectivity index (χ3n) is 5.39. The Morgan fingerprint density at radius 1 is 1.25 bits per heavy atom. The third kappa shape index (κ3) is 3.74. The van der Waals surface area contributed by atoms with E-state index in [0.717, 1.165) is 37.3 Å². The molecule has 0 radical (unpaired) electrons. The van der Waals surface area contributed by atoms with Gasteiger partial charge in [0, 0.05) is 49.7 Å². The highest BCUT2D eigenvalue weighted by Crippen LogP contribution is 2.32. The van der Waals surface area contributed by atoms with Gasteiger partial charge in [-0.2, -0.15) is 0 Å². The van der Waals surface area contributed by atoms with Gasteiger partial charge < -0.3 is 18.8 Å². The van der Waals surface area contributed by atoms with Crippen molar-refractivity contribution in [1.82, 2.24) is 9.80 Å². The Hall–Kier alpha value is -2.09. The number of carbonyl (C=O) groups is 1. The summed E-state index contributed by atoms with van der Waals surface area (Å²) in [5, 5.41) is 1.12. The maximum atomic E-state index is 12.7. The lowest BCUT2D eigenvalue weighted by Gasteiger charge is -2.47. The van der Waals surface area contributed by atoms with Gasteiger partial charge in [-0.3, -0.25) is 9.69 Å². The zero-order valence-electron chi connectivity index (χ0n) is 15.9. The number of carbonyl (C=O) groups excluding carboxylic acids is 1. The number of rotatable bonds is 4. The summed E-state index contributed by atoms with van der Waals surface area (Å²) in [6.07, 6.45) is -0.683. The first-order chi connectivity index (χ1) is 13.4. The molecule has 0 aliphatic carbocycles. The average molecular weight is 407 g/mol. The number of amides is 1. The Bertz CT molecular complexity index is 947. The number of ether oxygens (including phenoxy) is 2. The van der Waals surface area contributed by atoms with E-state index in [0.29, 0.717) is 35.5 Å². The van der Waals surface area contributed by atoms with Crippen LogP contribution in [-0.2, 0) is 9.53 Å². The second-order valence-electron chi connectivity index (χ2n) is 7.33. The first kappa shape index (κ1) is 19.2. The first-order valence-electron chi connectivity index (χ1n) is 9.43. The first-order valence-corrected chi connectivity index (χ1v) is 9.81. The fraction of sp³-hybridized carbons (Fsp3) is 0.500. The number of likely N-dealkylation sites (tertiary alicyclic amines) is 1. The molecule has 1 amide bonds. The fourth-order valence-corrected chi connectivity index (χ4v) is 3.93. The number of morpholine rings is 1. The van der Waals surface area contributed by atoms with E-state index in [1.807, 2.05) is 6.92 Å². The molecule has 1 atom stereocenters. The number of hydrogen-bond donors (Lipinski definition) is 0. The molecule has 7 nitrogen and oxygen atoms in total. The summed E-state index contributed by atoms with van der Waals surface area (Å²) < 4.78 is 16.4. The number of halogens is 1. The van der Waals surface area contributed by atoms with Gasteiger partial charge in [-0.25, -0.2) is 4.79 Å². The van der Waals surface area contributed by atoms with Gasteiger partial charge in [0.1, 0.15) is 11.3 Å². The molecule has 2 aliphatic rings. The average Bonchev–Trinajstić information content (AvgIpc) is 2.62. The van der Waals surface area contributed by atoms with Gasteiger partial charge in [-0.05, 0) is 25.5 Å². The van der Waals surface area contributed by atoms with Gasteiger partial charge in [0.05, 0.1) is 18.2 Å². The van der Waals surface area contributed by atoms with Gasteiger partial charge in [0.25, 0.3) is 5.91 Å². The maximum Gasteiger partial charge on any atom is 0.336 e. The Balaban J connectivity index is 1.42. The molecule has 28 heavy (non-hydrogen) atoms. The molecular formula is C20H23ClN2O5. The normalized spacial score (nSPS) is 19.5. The summed E-state index contributed by atoms with van der Waals surface area (Å²) in [7, 11) is 0. The van der Waals surface area contributed by atoms with Crippen molar-refractivity contribution < 1.29 is 18.7 Å². The van der Waals surface area contributed by atoms with Crippen LogP contribution < -0.4 is 10.4 Å². The van der Waals surface area contributed by atoms with Crippen LogP contribution in [0.1, 0.15) is 12.5 Å². The molecule has 150 valence electrons. The van der Waals surface area contributed by atoms with Crippen molar-refractivity contribution in [3.63, 3.8) is 0 Å². The Labute approximate surface area is 167 Å². The van der Waals surface area contributed by atoms with Crippen molar-refractivity contribution in [2.45, 2.75) is 26.0 Å². The summed E-state index contributed by atoms with van der Waals surface area (Å²) in [4.78, 5) is 28.5. The molecule has 0 N–H and O–H groups in total. The van der Waals surface area contributed by atoms with Crippen LogP contribution in [0.25, 0.3) is 11.0 Å². The van der Waals surface area contributed by atoms with E-state index in [4.69, 9.17) is 25.5 Å². The van der Waals surface area contributed by atoms with E-state index in [1.54, 1.807) is 24.0 Å². The minimum Gasteiger partial charge on any atom is -0.479 e. The molecule has 8 heteroatoms. The van der Waals surface area contributed by atoms with E-state index >= 15 is 0 Å². The highest BCUT2D eigenvalue weighted by molar-refractivity contribution is 6.32. The summed E-state index contributed by atoms with van der Waals surface area (Å²) in [6.45, 7) is 8.25. The van der Waals surface area contributed by atoms with Gasteiger partial charge in [-0.1, -0.05) is 11.6 Å². The van der Waals surface area contributed by atoms with E-state index in [-0.39, 0.29) is 5.91 Å². The highest BCUT2D eigenvalue weighted by atomic mass is 35.5. The van der Waals surface area contributed by atoms with Crippen molar-refractivity contribution >= 4 is 28.5 Å². The Morgan fingerprint density at radius 2 is 1.96 bits per heavy atom. The lowest BCUT2D eigenvalue weighted by molar-refractivity contribution is -0.146. The molecule has 2 fully saturated rings. The largest absolute Gasteiger partial charge is 0.479 e. The van der Waals surface area contributed by atoms with Crippen LogP contribution in [0.3, 0.4) is 0 Å². The van der Waals surface area contributed by atoms with Crippen molar-refractivity contribution in [1.29, 1.82) is 0 Å². The minimum absolute atomic E-state index is 0.0774. The lowest BCUT2D eigenvalue weighted by atomic mass is 10.1. The van der Waals surface area contributed by atoms with E-state index in [1.165, 1.54) is 6.07 Å². The van der Waals surface area contributed by atoms with E-state index < -0.39 is 11.7 Å². The second kappa shape index (κ2) is 7.73. The molecule has 1 aromatic carbocycles. The molecule has 2 saturated heterocycles. The fourth-order valence-electron chi connectivity index (χ4n) is 3.72. The molecule has 4 rings (SSSR count). The Kier molecular flexibility index (Phi) is 5.31. The van der Waals surface area contributed by atoms with Crippen LogP contribution in [0.2, 0.25) is 5.02 Å². The molecule has 1 unspecified atom stereocenters. The van der Waals surface area contributed by atoms with E-state index in [2.05, 4.69) is 4.90 Å². The minimum atomic E-state index is -0.683. The number of aryl methyl sites for hydroxylation is 1. The number of fused-ring (bicyclic) bond motifs is 1. The summed E-state index contributed by atoms with van der Waals surface area (Å²) in [6, 6.07) is 5.07. The van der Waals surface area contributed by atoms with Crippen molar-refractivity contribution in [2.24, 2.45) is 0 Å². The molecule has 2 aliphatic heterocycles. The summed E-state index contributed by atoms with van der Waals surface area (Å²) in [5.41, 5.74) is 0.732. The van der Waals surface area contributed by atoms with Crippen LogP contribution in [0, 0.1) is 6.92 Å². The second-order valence-corrected chi connectivity index (χ2v) is 7.74. The quantitative estimate of drug-likeness (QED) is 0.724. The lowest BCUT2D eigenvalue weighted by Crippen LogP contribution is -2.64. The topological polar surface area (TPSA) is 72.2 Å². The summed E-state index contributed by atoms with van der Waals surface area (Å²) >= 11 is 6.33. The van der Waals surface area contributed by atoms with Crippen LogP contribution in [0.15, 0.2) is 27.4 Å². The molecule has 0 spiro atoms. The van der Waals surface area contributed by atoms with Gasteiger partial charge in [0.15, 0.2) is 6.10 Å².